The maximum atomic E-state index is 14.5. The molecule has 142 valence electrons. The van der Waals surface area contributed by atoms with Crippen molar-refractivity contribution in [1.29, 1.82) is 0 Å². The van der Waals surface area contributed by atoms with Crippen molar-refractivity contribution in [3.63, 3.8) is 0 Å². The molecule has 3 N–H and O–H groups in total. The number of nitrogens with two attached hydrogens (primary N) is 1. The Morgan fingerprint density at radius 1 is 1.30 bits per heavy atom. The number of guanidine groups is 1. The van der Waals surface area contributed by atoms with Gasteiger partial charge in [-0.2, -0.15) is 5.10 Å². The third-order valence-electron chi connectivity index (χ3n) is 4.64. The van der Waals surface area contributed by atoms with Crippen LogP contribution in [0, 0.1) is 11.2 Å². The molecule has 0 spiro atoms. The van der Waals surface area contributed by atoms with E-state index in [1.165, 1.54) is 34.8 Å². The molecule has 2 amide bonds. The molecule has 1 aliphatic rings. The highest BCUT2D eigenvalue weighted by atomic mass is 19.1. The number of aromatic nitrogens is 2. The fourth-order valence-electron chi connectivity index (χ4n) is 3.05. The molecule has 0 saturated carbocycles. The SMILES string of the molecule is CN1C(=O)C(C)(C)C(c2cc(NC(=O)c3ccn(C)n3)ccc2F)N=C1N. The maximum absolute atomic E-state index is 14.5. The van der Waals surface area contributed by atoms with E-state index in [0.717, 1.165) is 0 Å². The normalized spacial score (nSPS) is 19.0. The smallest absolute Gasteiger partial charge is 0.276 e. The molecule has 0 saturated heterocycles. The zero-order valence-electron chi connectivity index (χ0n) is 15.5. The lowest BCUT2D eigenvalue weighted by molar-refractivity contribution is -0.137. The molecule has 1 aromatic heterocycles. The lowest BCUT2D eigenvalue weighted by Crippen LogP contribution is -2.51. The van der Waals surface area contributed by atoms with Crippen LogP contribution < -0.4 is 11.1 Å². The number of anilines is 1. The molecule has 1 aliphatic heterocycles. The molecule has 0 bridgehead atoms. The van der Waals surface area contributed by atoms with Crippen molar-refractivity contribution < 1.29 is 14.0 Å². The fraction of sp³-hybridized carbons (Fsp3) is 0.333. The summed E-state index contributed by atoms with van der Waals surface area (Å²) in [5.74, 6) is -1.19. The number of rotatable bonds is 3. The molecule has 8 nitrogen and oxygen atoms in total. The number of nitrogens with zero attached hydrogens (tertiary/aromatic N) is 4. The van der Waals surface area contributed by atoms with Gasteiger partial charge in [-0.1, -0.05) is 0 Å². The van der Waals surface area contributed by atoms with Gasteiger partial charge in [-0.25, -0.2) is 9.38 Å². The van der Waals surface area contributed by atoms with E-state index in [2.05, 4.69) is 15.4 Å². The molecule has 27 heavy (non-hydrogen) atoms. The number of halogens is 1. The van der Waals surface area contributed by atoms with Crippen LogP contribution in [0.5, 0.6) is 0 Å². The van der Waals surface area contributed by atoms with Crippen LogP contribution in [0.3, 0.4) is 0 Å². The Morgan fingerprint density at radius 2 is 2.00 bits per heavy atom. The van der Waals surface area contributed by atoms with Crippen LogP contribution >= 0.6 is 0 Å². The Labute approximate surface area is 155 Å². The number of nitrogens with one attached hydrogen (secondary N) is 1. The number of carbonyl (C=O) groups excluding carboxylic acids is 2. The van der Waals surface area contributed by atoms with E-state index in [9.17, 15) is 14.0 Å². The Hall–Kier alpha value is -3.23. The van der Waals surface area contributed by atoms with Gasteiger partial charge in [-0.15, -0.1) is 0 Å². The number of carbonyl (C=O) groups is 2. The summed E-state index contributed by atoms with van der Waals surface area (Å²) in [5, 5.41) is 6.71. The monoisotopic (exact) mass is 372 g/mol. The first-order valence-corrected chi connectivity index (χ1v) is 8.33. The van der Waals surface area contributed by atoms with Gasteiger partial charge >= 0.3 is 0 Å². The second kappa shape index (κ2) is 6.49. The molecule has 2 aromatic rings. The van der Waals surface area contributed by atoms with Gasteiger partial charge in [0, 0.05) is 31.5 Å². The third-order valence-corrected chi connectivity index (χ3v) is 4.64. The van der Waals surface area contributed by atoms with Gasteiger partial charge in [0.1, 0.15) is 5.82 Å². The summed E-state index contributed by atoms with van der Waals surface area (Å²) in [7, 11) is 3.23. The zero-order valence-corrected chi connectivity index (χ0v) is 15.5. The minimum Gasteiger partial charge on any atom is -0.369 e. The van der Waals surface area contributed by atoms with Gasteiger partial charge in [0.15, 0.2) is 11.7 Å². The number of aliphatic imine (C=N–C) groups is 1. The predicted molar refractivity (Wildman–Crippen MR) is 98.5 cm³/mol. The van der Waals surface area contributed by atoms with Gasteiger partial charge in [-0.3, -0.25) is 19.2 Å². The van der Waals surface area contributed by atoms with Crippen LogP contribution in [0.2, 0.25) is 0 Å². The van der Waals surface area contributed by atoms with Gasteiger partial charge in [0.05, 0.1) is 11.5 Å². The summed E-state index contributed by atoms with van der Waals surface area (Å²) in [5.41, 5.74) is 5.61. The third kappa shape index (κ3) is 3.27. The van der Waals surface area contributed by atoms with E-state index in [-0.39, 0.29) is 23.1 Å². The number of aryl methyl sites for hydroxylation is 1. The van der Waals surface area contributed by atoms with Crippen molar-refractivity contribution in [2.45, 2.75) is 19.9 Å². The highest BCUT2D eigenvalue weighted by Gasteiger charge is 2.45. The predicted octanol–water partition coefficient (Wildman–Crippen LogP) is 1.67. The first kappa shape index (κ1) is 18.6. The minimum absolute atomic E-state index is 0.0200. The second-order valence-corrected chi connectivity index (χ2v) is 7.04. The van der Waals surface area contributed by atoms with E-state index in [0.29, 0.717) is 5.69 Å². The summed E-state index contributed by atoms with van der Waals surface area (Å²) in [6.07, 6.45) is 1.65. The lowest BCUT2D eigenvalue weighted by Gasteiger charge is -2.38. The van der Waals surface area contributed by atoms with Crippen molar-refractivity contribution >= 4 is 23.5 Å². The molecule has 2 heterocycles. The van der Waals surface area contributed by atoms with Crippen LogP contribution in [-0.2, 0) is 11.8 Å². The average molecular weight is 372 g/mol. The molecule has 9 heteroatoms. The van der Waals surface area contributed by atoms with E-state index < -0.39 is 23.2 Å². The number of hydrogen-bond acceptors (Lipinski definition) is 5. The Balaban J connectivity index is 1.96. The summed E-state index contributed by atoms with van der Waals surface area (Å²) < 4.78 is 16.1. The van der Waals surface area contributed by atoms with Crippen LogP contribution in [0.1, 0.15) is 35.9 Å². The van der Waals surface area contributed by atoms with Gasteiger partial charge in [0.25, 0.3) is 5.91 Å². The largest absolute Gasteiger partial charge is 0.369 e. The topological polar surface area (TPSA) is 106 Å². The summed E-state index contributed by atoms with van der Waals surface area (Å²) in [4.78, 5) is 30.4. The minimum atomic E-state index is -0.998. The lowest BCUT2D eigenvalue weighted by atomic mass is 9.78. The second-order valence-electron chi connectivity index (χ2n) is 7.04. The Kier molecular flexibility index (Phi) is 4.46. The van der Waals surface area contributed by atoms with Crippen LogP contribution in [0.25, 0.3) is 0 Å². The maximum Gasteiger partial charge on any atom is 0.276 e. The zero-order chi connectivity index (χ0) is 19.9. The van der Waals surface area contributed by atoms with Gasteiger partial charge < -0.3 is 11.1 Å². The number of hydrogen-bond donors (Lipinski definition) is 2. The van der Waals surface area contributed by atoms with Crippen LogP contribution in [0.4, 0.5) is 10.1 Å². The van der Waals surface area contributed by atoms with E-state index in [4.69, 9.17) is 5.73 Å². The number of amides is 2. The molecule has 1 atom stereocenters. The first-order valence-electron chi connectivity index (χ1n) is 8.33. The highest BCUT2D eigenvalue weighted by molar-refractivity contribution is 6.03. The summed E-state index contributed by atoms with van der Waals surface area (Å²) in [6.45, 7) is 3.37. The molecular formula is C18H21FN6O2. The first-order chi connectivity index (χ1) is 12.6. The van der Waals surface area contributed by atoms with E-state index in [1.807, 2.05) is 0 Å². The molecule has 3 rings (SSSR count). The Bertz CT molecular complexity index is 949. The average Bonchev–Trinajstić information content (AvgIpc) is 3.05. The van der Waals surface area contributed by atoms with Crippen molar-refractivity contribution in [3.05, 3.63) is 47.5 Å². The van der Waals surface area contributed by atoms with Crippen LogP contribution in [-0.4, -0.2) is 39.5 Å². The summed E-state index contributed by atoms with van der Waals surface area (Å²) >= 11 is 0. The molecule has 1 aromatic carbocycles. The Morgan fingerprint density at radius 3 is 2.63 bits per heavy atom. The van der Waals surface area contributed by atoms with Gasteiger partial charge in [0.2, 0.25) is 5.91 Å². The standard InChI is InChI=1S/C18H21FN6O2/c1-18(2)14(22-17(20)25(4)16(18)27)11-9-10(5-6-12(11)19)21-15(26)13-7-8-24(3)23-13/h5-9,14H,1-4H3,(H2,20,22)(H,21,26). The van der Waals surface area contributed by atoms with Crippen LogP contribution in [0.15, 0.2) is 35.5 Å². The highest BCUT2D eigenvalue weighted by Crippen LogP contribution is 2.42. The molecule has 0 radical (unpaired) electrons. The number of benzene rings is 1. The molecule has 0 aliphatic carbocycles. The molecular weight excluding hydrogens is 351 g/mol. The van der Waals surface area contributed by atoms with Crippen molar-refractivity contribution in [3.8, 4) is 0 Å². The van der Waals surface area contributed by atoms with Crippen molar-refractivity contribution in [1.82, 2.24) is 14.7 Å². The fourth-order valence-corrected chi connectivity index (χ4v) is 3.05. The van der Waals surface area contributed by atoms with E-state index in [1.54, 1.807) is 33.2 Å². The van der Waals surface area contributed by atoms with Gasteiger partial charge in [-0.05, 0) is 38.1 Å². The van der Waals surface area contributed by atoms with Crippen molar-refractivity contribution in [2.75, 3.05) is 12.4 Å². The van der Waals surface area contributed by atoms with Crippen molar-refractivity contribution in [2.24, 2.45) is 23.2 Å². The summed E-state index contributed by atoms with van der Waals surface area (Å²) in [6, 6.07) is 4.90. The van der Waals surface area contributed by atoms with E-state index >= 15 is 0 Å². The molecule has 0 fully saturated rings. The molecule has 1 unspecified atom stereocenters. The quantitative estimate of drug-likeness (QED) is 0.855.